The number of nitrogens with two attached hydrogens (primary N) is 1. The molecule has 0 aliphatic heterocycles. The van der Waals surface area contributed by atoms with Crippen LogP contribution in [0.3, 0.4) is 0 Å². The zero-order valence-electron chi connectivity index (χ0n) is 9.52. The van der Waals surface area contributed by atoms with Crippen molar-refractivity contribution in [1.29, 1.82) is 0 Å². The van der Waals surface area contributed by atoms with Gasteiger partial charge in [0.2, 0.25) is 0 Å². The zero-order valence-corrected chi connectivity index (χ0v) is 9.52. The number of rotatable bonds is 3. The number of hydrogen-bond donors (Lipinski definition) is 2. The summed E-state index contributed by atoms with van der Waals surface area (Å²) < 4.78 is 5.53. The molecule has 0 fully saturated rings. The first kappa shape index (κ1) is 12.8. The Balaban J connectivity index is 3.40. The highest BCUT2D eigenvalue weighted by Gasteiger charge is 2.17. The Kier molecular flexibility index (Phi) is 3.86. The smallest absolute Gasteiger partial charge is 0.358 e. The summed E-state index contributed by atoms with van der Waals surface area (Å²) in [5.74, 6) is -0.767. The summed E-state index contributed by atoms with van der Waals surface area (Å²) >= 11 is 0. The fourth-order valence-electron chi connectivity index (χ4n) is 1.22. The third-order valence-electron chi connectivity index (χ3n) is 1.89. The molecule has 17 heavy (non-hydrogen) atoms. The molecule has 0 saturated carbocycles. The Labute approximate surface area is 96.5 Å². The molecule has 7 nitrogen and oxygen atoms in total. The molecule has 0 aromatic carbocycles. The fraction of sp³-hybridized carbons (Fsp3) is 0.300. The predicted molar refractivity (Wildman–Crippen MR) is 61.0 cm³/mol. The topological polar surface area (TPSA) is 107 Å². The minimum absolute atomic E-state index is 0.0763. The van der Waals surface area contributed by atoms with Gasteiger partial charge in [0.25, 0.3) is 11.1 Å². The molecule has 0 amide bonds. The summed E-state index contributed by atoms with van der Waals surface area (Å²) in [6.45, 7) is 3.20. The average molecular weight is 239 g/mol. The average Bonchev–Trinajstić information content (AvgIpc) is 2.23. The number of aromatic amines is 1. The van der Waals surface area contributed by atoms with E-state index >= 15 is 0 Å². The van der Waals surface area contributed by atoms with Gasteiger partial charge in [0.05, 0.1) is 6.61 Å². The number of aromatic nitrogens is 2. The van der Waals surface area contributed by atoms with Crippen molar-refractivity contribution >= 4 is 11.7 Å². The van der Waals surface area contributed by atoms with Gasteiger partial charge >= 0.3 is 5.97 Å². The van der Waals surface area contributed by atoms with Crippen LogP contribution in [0.25, 0.3) is 5.70 Å². The van der Waals surface area contributed by atoms with E-state index in [0.717, 1.165) is 16.8 Å². The zero-order chi connectivity index (χ0) is 13.0. The van der Waals surface area contributed by atoms with Crippen LogP contribution < -0.4 is 16.9 Å². The highest BCUT2D eigenvalue weighted by atomic mass is 16.5. The molecule has 0 radical (unpaired) electrons. The van der Waals surface area contributed by atoms with Crippen LogP contribution in [0.5, 0.6) is 0 Å². The molecule has 92 valence electrons. The van der Waals surface area contributed by atoms with Crippen molar-refractivity contribution in [2.24, 2.45) is 5.73 Å². The SMILES string of the molecule is CCOC(=O)/C(=C(/C)N)n1[nH]c(=O)ccc1=O. The lowest BCUT2D eigenvalue weighted by Gasteiger charge is -2.10. The third kappa shape index (κ3) is 2.83. The molecule has 7 heteroatoms. The van der Waals surface area contributed by atoms with Crippen LogP contribution in [0.1, 0.15) is 13.8 Å². The number of allylic oxidation sites excluding steroid dienone is 1. The van der Waals surface area contributed by atoms with Crippen molar-refractivity contribution < 1.29 is 9.53 Å². The van der Waals surface area contributed by atoms with E-state index in [9.17, 15) is 14.4 Å². The monoisotopic (exact) mass is 239 g/mol. The highest BCUT2D eigenvalue weighted by molar-refractivity contribution is 6.10. The lowest BCUT2D eigenvalue weighted by molar-refractivity contribution is -0.136. The van der Waals surface area contributed by atoms with Crippen molar-refractivity contribution in [1.82, 2.24) is 9.78 Å². The van der Waals surface area contributed by atoms with Gasteiger partial charge in [-0.05, 0) is 13.8 Å². The quantitative estimate of drug-likeness (QED) is 0.533. The normalized spacial score (nSPS) is 11.9. The molecule has 3 N–H and O–H groups in total. The molecule has 0 unspecified atom stereocenters. The van der Waals surface area contributed by atoms with Crippen molar-refractivity contribution in [3.63, 3.8) is 0 Å². The van der Waals surface area contributed by atoms with Gasteiger partial charge < -0.3 is 10.5 Å². The van der Waals surface area contributed by atoms with Gasteiger partial charge in [-0.2, -0.15) is 0 Å². The van der Waals surface area contributed by atoms with E-state index in [4.69, 9.17) is 10.5 Å². The number of nitrogens with zero attached hydrogens (tertiary/aromatic N) is 1. The molecule has 0 atom stereocenters. The molecule has 0 bridgehead atoms. The maximum absolute atomic E-state index is 11.6. The molecule has 0 saturated heterocycles. The number of hydrogen-bond acceptors (Lipinski definition) is 5. The maximum Gasteiger partial charge on any atom is 0.358 e. The van der Waals surface area contributed by atoms with Crippen LogP contribution in [0, 0.1) is 0 Å². The van der Waals surface area contributed by atoms with Gasteiger partial charge in [-0.3, -0.25) is 14.7 Å². The molecule has 1 rings (SSSR count). The van der Waals surface area contributed by atoms with Crippen molar-refractivity contribution in [3.8, 4) is 0 Å². The number of carbonyl (C=O) groups is 1. The van der Waals surface area contributed by atoms with Crippen molar-refractivity contribution in [2.75, 3.05) is 6.61 Å². The highest BCUT2D eigenvalue weighted by Crippen LogP contribution is 2.04. The van der Waals surface area contributed by atoms with E-state index in [0.29, 0.717) is 0 Å². The first-order chi connectivity index (χ1) is 7.97. The second-order valence-electron chi connectivity index (χ2n) is 3.24. The first-order valence-electron chi connectivity index (χ1n) is 4.93. The third-order valence-corrected chi connectivity index (χ3v) is 1.89. The van der Waals surface area contributed by atoms with Crippen LogP contribution in [0.15, 0.2) is 27.4 Å². The minimum atomic E-state index is -0.767. The van der Waals surface area contributed by atoms with E-state index in [2.05, 4.69) is 5.10 Å². The lowest BCUT2D eigenvalue weighted by Crippen LogP contribution is -2.32. The van der Waals surface area contributed by atoms with Crippen molar-refractivity contribution in [3.05, 3.63) is 38.5 Å². The van der Waals surface area contributed by atoms with E-state index in [1.807, 2.05) is 0 Å². The van der Waals surface area contributed by atoms with Crippen LogP contribution in [0.2, 0.25) is 0 Å². The molecule has 1 aromatic heterocycles. The van der Waals surface area contributed by atoms with Crippen LogP contribution in [0.4, 0.5) is 0 Å². The minimum Gasteiger partial charge on any atom is -0.461 e. The fourth-order valence-corrected chi connectivity index (χ4v) is 1.22. The van der Waals surface area contributed by atoms with E-state index in [1.54, 1.807) is 6.92 Å². The predicted octanol–water partition coefficient (Wildman–Crippen LogP) is -0.753. The summed E-state index contributed by atoms with van der Waals surface area (Å²) in [4.78, 5) is 34.2. The maximum atomic E-state index is 11.6. The number of esters is 1. The standard InChI is InChI=1S/C10H13N3O4/c1-3-17-10(16)9(6(2)11)13-8(15)5-4-7(14)12-13/h4-5H,3,11H2,1-2H3,(H,12,14)/b9-6+. The molecule has 0 spiro atoms. The number of H-pyrrole nitrogens is 1. The van der Waals surface area contributed by atoms with Gasteiger partial charge in [0.15, 0.2) is 5.70 Å². The van der Waals surface area contributed by atoms with Gasteiger partial charge in [-0.1, -0.05) is 0 Å². The summed E-state index contributed by atoms with van der Waals surface area (Å²) in [5, 5.41) is 2.21. The number of carbonyl (C=O) groups excluding carboxylic acids is 1. The Bertz CT molecular complexity index is 563. The van der Waals surface area contributed by atoms with Gasteiger partial charge in [-0.25, -0.2) is 9.48 Å². The molecule has 1 heterocycles. The number of nitrogens with one attached hydrogen (secondary N) is 1. The summed E-state index contributed by atoms with van der Waals surface area (Å²) in [5.41, 5.74) is 4.31. The van der Waals surface area contributed by atoms with E-state index in [1.165, 1.54) is 6.92 Å². The Morgan fingerprint density at radius 2 is 2.12 bits per heavy atom. The Morgan fingerprint density at radius 1 is 1.47 bits per heavy atom. The summed E-state index contributed by atoms with van der Waals surface area (Å²) in [6, 6.07) is 2.11. The first-order valence-corrected chi connectivity index (χ1v) is 4.93. The van der Waals surface area contributed by atoms with Gasteiger partial charge in [0.1, 0.15) is 0 Å². The molecule has 0 aliphatic rings. The second-order valence-corrected chi connectivity index (χ2v) is 3.24. The van der Waals surface area contributed by atoms with E-state index < -0.39 is 17.1 Å². The Morgan fingerprint density at radius 3 is 2.65 bits per heavy atom. The largest absolute Gasteiger partial charge is 0.461 e. The van der Waals surface area contributed by atoms with Crippen molar-refractivity contribution in [2.45, 2.75) is 13.8 Å². The molecular formula is C10H13N3O4. The van der Waals surface area contributed by atoms with Crippen LogP contribution in [-0.4, -0.2) is 22.4 Å². The van der Waals surface area contributed by atoms with Crippen LogP contribution >= 0.6 is 0 Å². The van der Waals surface area contributed by atoms with Gasteiger partial charge in [-0.15, -0.1) is 0 Å². The van der Waals surface area contributed by atoms with E-state index in [-0.39, 0.29) is 18.0 Å². The second kappa shape index (κ2) is 5.15. The van der Waals surface area contributed by atoms with Crippen LogP contribution in [-0.2, 0) is 9.53 Å². The number of ether oxygens (including phenoxy) is 1. The molecule has 1 aromatic rings. The van der Waals surface area contributed by atoms with Gasteiger partial charge in [0, 0.05) is 17.8 Å². The molecular weight excluding hydrogens is 226 g/mol. The molecule has 0 aliphatic carbocycles. The summed E-state index contributed by atoms with van der Waals surface area (Å²) in [7, 11) is 0. The summed E-state index contributed by atoms with van der Waals surface area (Å²) in [6.07, 6.45) is 0. The Hall–Kier alpha value is -2.31. The lowest BCUT2D eigenvalue weighted by atomic mass is 10.3.